The zero-order valence-electron chi connectivity index (χ0n) is 17.9. The maximum Gasteiger partial charge on any atom is 0.245 e. The van der Waals surface area contributed by atoms with Gasteiger partial charge in [0.25, 0.3) is 0 Å². The summed E-state index contributed by atoms with van der Waals surface area (Å²) in [7, 11) is -3.56. The van der Waals surface area contributed by atoms with E-state index < -0.39 is 16.1 Å². The predicted octanol–water partition coefficient (Wildman–Crippen LogP) is 2.24. The molecule has 1 N–H and O–H groups in total. The average molecular weight is 436 g/mol. The van der Waals surface area contributed by atoms with Crippen LogP contribution in [0.5, 0.6) is 0 Å². The number of hydrogen-bond acceptors (Lipinski definition) is 4. The zero-order chi connectivity index (χ0) is 21.7. The molecule has 2 aliphatic rings. The molecule has 7 nitrogen and oxygen atoms in total. The molecule has 0 spiro atoms. The van der Waals surface area contributed by atoms with E-state index in [1.54, 1.807) is 35.2 Å². The molecule has 1 saturated carbocycles. The number of benzene rings is 1. The highest BCUT2D eigenvalue weighted by atomic mass is 32.2. The molecule has 1 aliphatic carbocycles. The number of carbonyl (C=O) groups excluding carboxylic acids is 2. The average Bonchev–Trinajstić information content (AvgIpc) is 2.78. The van der Waals surface area contributed by atoms with Crippen molar-refractivity contribution in [3.8, 4) is 0 Å². The first kappa shape index (κ1) is 22.7. The Balaban J connectivity index is 1.60. The summed E-state index contributed by atoms with van der Waals surface area (Å²) in [5.74, 6) is -0.172. The van der Waals surface area contributed by atoms with E-state index in [0.717, 1.165) is 25.7 Å². The van der Waals surface area contributed by atoms with Gasteiger partial charge in [-0.1, -0.05) is 51.3 Å². The van der Waals surface area contributed by atoms with Gasteiger partial charge in [-0.05, 0) is 30.9 Å². The lowest BCUT2D eigenvalue weighted by Crippen LogP contribution is -2.57. The van der Waals surface area contributed by atoms with E-state index in [1.807, 2.05) is 13.8 Å². The maximum absolute atomic E-state index is 13.1. The van der Waals surface area contributed by atoms with Gasteiger partial charge >= 0.3 is 0 Å². The first-order chi connectivity index (χ1) is 14.3. The molecule has 1 atom stereocenters. The van der Waals surface area contributed by atoms with Crippen LogP contribution in [0.15, 0.2) is 35.2 Å². The summed E-state index contributed by atoms with van der Waals surface area (Å²) in [6.07, 6.45) is 5.08. The van der Waals surface area contributed by atoms with Gasteiger partial charge in [0.2, 0.25) is 21.8 Å². The van der Waals surface area contributed by atoms with E-state index in [9.17, 15) is 18.0 Å². The maximum atomic E-state index is 13.1. The van der Waals surface area contributed by atoms with Crippen molar-refractivity contribution >= 4 is 21.8 Å². The van der Waals surface area contributed by atoms with E-state index >= 15 is 0 Å². The number of sulfonamides is 1. The number of carbonyl (C=O) groups is 2. The van der Waals surface area contributed by atoms with E-state index in [1.165, 1.54) is 10.7 Å². The second-order valence-corrected chi connectivity index (χ2v) is 10.5. The van der Waals surface area contributed by atoms with Crippen molar-refractivity contribution in [2.24, 2.45) is 11.8 Å². The first-order valence-corrected chi connectivity index (χ1v) is 12.4. The Morgan fingerprint density at radius 1 is 0.967 bits per heavy atom. The van der Waals surface area contributed by atoms with Crippen LogP contribution in [-0.2, 0) is 19.6 Å². The number of nitrogens with one attached hydrogen (secondary N) is 1. The predicted molar refractivity (Wildman–Crippen MR) is 115 cm³/mol. The van der Waals surface area contributed by atoms with Crippen molar-refractivity contribution in [2.45, 2.75) is 56.9 Å². The van der Waals surface area contributed by atoms with Crippen LogP contribution in [0.25, 0.3) is 0 Å². The van der Waals surface area contributed by atoms with Crippen LogP contribution in [0.4, 0.5) is 0 Å². The number of rotatable bonds is 6. The minimum absolute atomic E-state index is 0.000614. The third-order valence-corrected chi connectivity index (χ3v) is 8.05. The third kappa shape index (κ3) is 5.21. The summed E-state index contributed by atoms with van der Waals surface area (Å²) in [6.45, 7) is 5.02. The fraction of sp³-hybridized carbons (Fsp3) is 0.636. The molecule has 2 amide bonds. The van der Waals surface area contributed by atoms with Gasteiger partial charge < -0.3 is 10.2 Å². The molecule has 0 aromatic heterocycles. The van der Waals surface area contributed by atoms with Gasteiger partial charge in [-0.25, -0.2) is 8.42 Å². The Hall–Kier alpha value is -1.93. The minimum Gasteiger partial charge on any atom is -0.344 e. The molecule has 30 heavy (non-hydrogen) atoms. The van der Waals surface area contributed by atoms with Gasteiger partial charge in [-0.15, -0.1) is 0 Å². The molecule has 8 heteroatoms. The second kappa shape index (κ2) is 9.92. The summed E-state index contributed by atoms with van der Waals surface area (Å²) in [5.41, 5.74) is 0. The molecular weight excluding hydrogens is 402 g/mol. The van der Waals surface area contributed by atoms with E-state index in [4.69, 9.17) is 0 Å². The summed E-state index contributed by atoms with van der Waals surface area (Å²) in [4.78, 5) is 27.8. The molecule has 1 saturated heterocycles. The first-order valence-electron chi connectivity index (χ1n) is 10.9. The molecule has 1 aromatic carbocycles. The fourth-order valence-corrected chi connectivity index (χ4v) is 5.68. The Morgan fingerprint density at radius 2 is 1.57 bits per heavy atom. The van der Waals surface area contributed by atoms with Crippen molar-refractivity contribution in [2.75, 3.05) is 26.2 Å². The highest BCUT2D eigenvalue weighted by Gasteiger charge is 2.35. The Kier molecular flexibility index (Phi) is 7.52. The van der Waals surface area contributed by atoms with E-state index in [2.05, 4.69) is 5.32 Å². The van der Waals surface area contributed by atoms with Crippen LogP contribution in [0, 0.1) is 11.8 Å². The van der Waals surface area contributed by atoms with Crippen LogP contribution in [0.3, 0.4) is 0 Å². The van der Waals surface area contributed by atoms with Gasteiger partial charge in [0.05, 0.1) is 4.90 Å². The highest BCUT2D eigenvalue weighted by molar-refractivity contribution is 7.89. The smallest absolute Gasteiger partial charge is 0.245 e. The topological polar surface area (TPSA) is 86.8 Å². The SMILES string of the molecule is CC(C)C(NC(=O)C1CCCCC1)C(=O)N1CCN(S(=O)(=O)c2ccccc2)CC1. The lowest BCUT2D eigenvalue weighted by molar-refractivity contribution is -0.139. The molecule has 2 fully saturated rings. The molecule has 1 heterocycles. The number of amides is 2. The summed E-state index contributed by atoms with van der Waals surface area (Å²) >= 11 is 0. The van der Waals surface area contributed by atoms with E-state index in [-0.39, 0.29) is 41.6 Å². The van der Waals surface area contributed by atoms with Gasteiger partial charge in [0, 0.05) is 32.1 Å². The molecule has 166 valence electrons. The Labute approximate surface area is 179 Å². The van der Waals surface area contributed by atoms with Crippen molar-refractivity contribution in [3.63, 3.8) is 0 Å². The van der Waals surface area contributed by atoms with Crippen molar-refractivity contribution in [3.05, 3.63) is 30.3 Å². The largest absolute Gasteiger partial charge is 0.344 e. The Morgan fingerprint density at radius 3 is 2.13 bits per heavy atom. The van der Waals surface area contributed by atoms with Crippen LogP contribution >= 0.6 is 0 Å². The lowest BCUT2D eigenvalue weighted by Gasteiger charge is -2.37. The van der Waals surface area contributed by atoms with Gasteiger partial charge in [-0.3, -0.25) is 9.59 Å². The lowest BCUT2D eigenvalue weighted by atomic mass is 9.88. The second-order valence-electron chi connectivity index (χ2n) is 8.61. The standard InChI is InChI=1S/C22H33N3O4S/c1-17(2)20(23-21(26)18-9-5-3-6-10-18)22(27)24-13-15-25(16-14-24)30(28,29)19-11-7-4-8-12-19/h4,7-8,11-12,17-18,20H,3,5-6,9-10,13-16H2,1-2H3,(H,23,26). The monoisotopic (exact) mass is 435 g/mol. The van der Waals surface area contributed by atoms with Gasteiger partial charge in [0.1, 0.15) is 6.04 Å². The highest BCUT2D eigenvalue weighted by Crippen LogP contribution is 2.24. The fourth-order valence-electron chi connectivity index (χ4n) is 4.24. The van der Waals surface area contributed by atoms with Crippen molar-refractivity contribution in [1.29, 1.82) is 0 Å². The van der Waals surface area contributed by atoms with Crippen LogP contribution in [0.2, 0.25) is 0 Å². The molecule has 1 aromatic rings. The summed E-state index contributed by atoms with van der Waals surface area (Å²) in [6, 6.07) is 7.79. The number of nitrogens with zero attached hydrogens (tertiary/aromatic N) is 2. The molecule has 0 bridgehead atoms. The summed E-state index contributed by atoms with van der Waals surface area (Å²) in [5, 5.41) is 2.99. The Bertz CT molecular complexity index is 827. The molecule has 1 aliphatic heterocycles. The molecule has 0 radical (unpaired) electrons. The number of piperazine rings is 1. The van der Waals surface area contributed by atoms with Gasteiger partial charge in [0.15, 0.2) is 0 Å². The minimum atomic E-state index is -3.56. The molecule has 1 unspecified atom stereocenters. The van der Waals surface area contributed by atoms with E-state index in [0.29, 0.717) is 13.1 Å². The van der Waals surface area contributed by atoms with Gasteiger partial charge in [-0.2, -0.15) is 4.31 Å². The number of hydrogen-bond donors (Lipinski definition) is 1. The van der Waals surface area contributed by atoms with Crippen molar-refractivity contribution < 1.29 is 18.0 Å². The zero-order valence-corrected chi connectivity index (χ0v) is 18.7. The summed E-state index contributed by atoms with van der Waals surface area (Å²) < 4.78 is 27.0. The molecular formula is C22H33N3O4S. The quantitative estimate of drug-likeness (QED) is 0.742. The third-order valence-electron chi connectivity index (χ3n) is 6.14. The van der Waals surface area contributed by atoms with Crippen LogP contribution in [-0.4, -0.2) is 61.7 Å². The van der Waals surface area contributed by atoms with Crippen LogP contribution < -0.4 is 5.32 Å². The van der Waals surface area contributed by atoms with Crippen molar-refractivity contribution in [1.82, 2.24) is 14.5 Å². The normalized spacial score (nSPS) is 20.2. The van der Waals surface area contributed by atoms with Crippen LogP contribution in [0.1, 0.15) is 46.0 Å². The molecule has 3 rings (SSSR count).